The number of hydrogen-bond acceptors (Lipinski definition) is 3. The molecule has 0 heterocycles. The van der Waals surface area contributed by atoms with Crippen molar-refractivity contribution in [3.05, 3.63) is 47.0 Å². The molecule has 0 spiro atoms. The van der Waals surface area contributed by atoms with Gasteiger partial charge in [0.2, 0.25) is 0 Å². The first kappa shape index (κ1) is 14.5. The van der Waals surface area contributed by atoms with E-state index in [2.05, 4.69) is 6.92 Å². The SMILES string of the molecule is CCCOc1cc(N)cc(Oc2ccc(Cl)c(C)c2)c1. The van der Waals surface area contributed by atoms with Crippen molar-refractivity contribution in [3.63, 3.8) is 0 Å². The summed E-state index contributed by atoms with van der Waals surface area (Å²) in [5.41, 5.74) is 7.44. The molecule has 2 aromatic carbocycles. The van der Waals surface area contributed by atoms with Crippen LogP contribution < -0.4 is 15.2 Å². The molecular formula is C16H18ClNO2. The molecule has 0 aliphatic rings. The maximum absolute atomic E-state index is 6.00. The highest BCUT2D eigenvalue weighted by atomic mass is 35.5. The molecule has 0 atom stereocenters. The van der Waals surface area contributed by atoms with Crippen LogP contribution in [0, 0.1) is 6.92 Å². The van der Waals surface area contributed by atoms with E-state index in [4.69, 9.17) is 26.8 Å². The Kier molecular flexibility index (Phi) is 4.74. The molecule has 106 valence electrons. The van der Waals surface area contributed by atoms with Crippen LogP contribution in [0.3, 0.4) is 0 Å². The molecule has 3 nitrogen and oxygen atoms in total. The van der Waals surface area contributed by atoms with Gasteiger partial charge in [0.1, 0.15) is 17.2 Å². The zero-order chi connectivity index (χ0) is 14.5. The van der Waals surface area contributed by atoms with E-state index in [1.54, 1.807) is 12.1 Å². The molecule has 0 aromatic heterocycles. The van der Waals surface area contributed by atoms with Gasteiger partial charge >= 0.3 is 0 Å². The van der Waals surface area contributed by atoms with Crippen molar-refractivity contribution in [1.82, 2.24) is 0 Å². The second kappa shape index (κ2) is 6.53. The highest BCUT2D eigenvalue weighted by Crippen LogP contribution is 2.30. The maximum Gasteiger partial charge on any atom is 0.133 e. The molecule has 2 N–H and O–H groups in total. The lowest BCUT2D eigenvalue weighted by molar-refractivity contribution is 0.316. The van der Waals surface area contributed by atoms with E-state index in [-0.39, 0.29) is 0 Å². The average Bonchev–Trinajstić information content (AvgIpc) is 2.40. The topological polar surface area (TPSA) is 44.5 Å². The highest BCUT2D eigenvalue weighted by molar-refractivity contribution is 6.31. The van der Waals surface area contributed by atoms with E-state index in [1.807, 2.05) is 31.2 Å². The molecule has 0 amide bonds. The van der Waals surface area contributed by atoms with Crippen molar-refractivity contribution >= 4 is 17.3 Å². The summed E-state index contributed by atoms with van der Waals surface area (Å²) in [6.45, 7) is 4.65. The zero-order valence-corrected chi connectivity index (χ0v) is 12.4. The van der Waals surface area contributed by atoms with E-state index in [9.17, 15) is 0 Å². The van der Waals surface area contributed by atoms with E-state index < -0.39 is 0 Å². The lowest BCUT2D eigenvalue weighted by Gasteiger charge is -2.11. The monoisotopic (exact) mass is 291 g/mol. The van der Waals surface area contributed by atoms with Gasteiger partial charge in [-0.1, -0.05) is 18.5 Å². The van der Waals surface area contributed by atoms with Crippen LogP contribution >= 0.6 is 11.6 Å². The second-order valence-corrected chi connectivity index (χ2v) is 5.01. The number of aryl methyl sites for hydroxylation is 1. The number of anilines is 1. The summed E-state index contributed by atoms with van der Waals surface area (Å²) >= 11 is 6.00. The molecule has 0 unspecified atom stereocenters. The molecule has 0 radical (unpaired) electrons. The molecule has 2 rings (SSSR count). The number of benzene rings is 2. The predicted octanol–water partition coefficient (Wildman–Crippen LogP) is 4.81. The van der Waals surface area contributed by atoms with Crippen molar-refractivity contribution in [2.24, 2.45) is 0 Å². The number of hydrogen-bond donors (Lipinski definition) is 1. The van der Waals surface area contributed by atoms with E-state index in [0.717, 1.165) is 22.8 Å². The van der Waals surface area contributed by atoms with Gasteiger partial charge in [0.05, 0.1) is 6.61 Å². The fourth-order valence-electron chi connectivity index (χ4n) is 1.77. The Labute approximate surface area is 124 Å². The lowest BCUT2D eigenvalue weighted by Crippen LogP contribution is -1.97. The Balaban J connectivity index is 2.19. The first-order chi connectivity index (χ1) is 9.58. The van der Waals surface area contributed by atoms with Gasteiger partial charge in [-0.15, -0.1) is 0 Å². The number of nitrogens with two attached hydrogens (primary N) is 1. The summed E-state index contributed by atoms with van der Waals surface area (Å²) in [5.74, 6) is 2.09. The van der Waals surface area contributed by atoms with Crippen LogP contribution in [0.2, 0.25) is 5.02 Å². The summed E-state index contributed by atoms with van der Waals surface area (Å²) in [4.78, 5) is 0. The standard InChI is InChI=1S/C16H18ClNO2/c1-3-6-19-14-8-12(18)9-15(10-14)20-13-4-5-16(17)11(2)7-13/h4-5,7-10H,3,6,18H2,1-2H3. The minimum atomic E-state index is 0.610. The Morgan fingerprint density at radius 3 is 2.50 bits per heavy atom. The minimum Gasteiger partial charge on any atom is -0.493 e. The Hall–Kier alpha value is -1.87. The zero-order valence-electron chi connectivity index (χ0n) is 11.7. The molecule has 0 aliphatic heterocycles. The van der Waals surface area contributed by atoms with Crippen LogP contribution in [-0.4, -0.2) is 6.61 Å². The molecule has 0 bridgehead atoms. The van der Waals surface area contributed by atoms with Gasteiger partial charge in [0, 0.05) is 28.9 Å². The van der Waals surface area contributed by atoms with Crippen LogP contribution in [0.4, 0.5) is 5.69 Å². The first-order valence-electron chi connectivity index (χ1n) is 6.56. The van der Waals surface area contributed by atoms with Gasteiger partial charge in [-0.25, -0.2) is 0 Å². The molecule has 4 heteroatoms. The Morgan fingerprint density at radius 1 is 1.05 bits per heavy atom. The van der Waals surface area contributed by atoms with Crippen LogP contribution in [-0.2, 0) is 0 Å². The van der Waals surface area contributed by atoms with Gasteiger partial charge in [-0.2, -0.15) is 0 Å². The summed E-state index contributed by atoms with van der Waals surface area (Å²) < 4.78 is 11.4. The van der Waals surface area contributed by atoms with E-state index >= 15 is 0 Å². The van der Waals surface area contributed by atoms with Crippen molar-refractivity contribution in [2.45, 2.75) is 20.3 Å². The molecule has 20 heavy (non-hydrogen) atoms. The number of nitrogen functional groups attached to an aromatic ring is 1. The molecule has 0 aliphatic carbocycles. The van der Waals surface area contributed by atoms with E-state index in [1.165, 1.54) is 0 Å². The minimum absolute atomic E-state index is 0.610. The summed E-state index contributed by atoms with van der Waals surface area (Å²) in [6, 6.07) is 10.9. The average molecular weight is 292 g/mol. The van der Waals surface area contributed by atoms with Gasteiger partial charge in [-0.05, 0) is 37.1 Å². The Bertz CT molecular complexity index is 599. The molecule has 0 saturated heterocycles. The van der Waals surface area contributed by atoms with Gasteiger partial charge in [-0.3, -0.25) is 0 Å². The molecule has 0 fully saturated rings. The van der Waals surface area contributed by atoms with Gasteiger partial charge in [0.15, 0.2) is 0 Å². The fraction of sp³-hybridized carbons (Fsp3) is 0.250. The predicted molar refractivity (Wildman–Crippen MR) is 82.9 cm³/mol. The van der Waals surface area contributed by atoms with Crippen LogP contribution in [0.15, 0.2) is 36.4 Å². The molecular weight excluding hydrogens is 274 g/mol. The maximum atomic E-state index is 6.00. The fourth-order valence-corrected chi connectivity index (χ4v) is 1.89. The summed E-state index contributed by atoms with van der Waals surface area (Å²) in [6.07, 6.45) is 0.946. The van der Waals surface area contributed by atoms with Crippen molar-refractivity contribution in [2.75, 3.05) is 12.3 Å². The second-order valence-electron chi connectivity index (χ2n) is 4.60. The largest absolute Gasteiger partial charge is 0.493 e. The third-order valence-corrected chi connectivity index (χ3v) is 3.16. The number of halogens is 1. The van der Waals surface area contributed by atoms with Crippen LogP contribution in [0.5, 0.6) is 17.2 Å². The number of rotatable bonds is 5. The third-order valence-electron chi connectivity index (χ3n) is 2.74. The third kappa shape index (κ3) is 3.81. The Morgan fingerprint density at radius 2 is 1.80 bits per heavy atom. The van der Waals surface area contributed by atoms with Crippen molar-refractivity contribution in [3.8, 4) is 17.2 Å². The lowest BCUT2D eigenvalue weighted by atomic mass is 10.2. The van der Waals surface area contributed by atoms with Crippen LogP contribution in [0.1, 0.15) is 18.9 Å². The van der Waals surface area contributed by atoms with Crippen LogP contribution in [0.25, 0.3) is 0 Å². The first-order valence-corrected chi connectivity index (χ1v) is 6.93. The van der Waals surface area contributed by atoms with Crippen molar-refractivity contribution < 1.29 is 9.47 Å². The normalized spacial score (nSPS) is 10.3. The molecule has 2 aromatic rings. The highest BCUT2D eigenvalue weighted by Gasteiger charge is 2.04. The van der Waals surface area contributed by atoms with Gasteiger partial charge < -0.3 is 15.2 Å². The quantitative estimate of drug-likeness (QED) is 0.804. The molecule has 0 saturated carbocycles. The van der Waals surface area contributed by atoms with Crippen molar-refractivity contribution in [1.29, 1.82) is 0 Å². The number of ether oxygens (including phenoxy) is 2. The smallest absolute Gasteiger partial charge is 0.133 e. The van der Waals surface area contributed by atoms with E-state index in [0.29, 0.717) is 23.8 Å². The van der Waals surface area contributed by atoms with Gasteiger partial charge in [0.25, 0.3) is 0 Å². The summed E-state index contributed by atoms with van der Waals surface area (Å²) in [7, 11) is 0. The summed E-state index contributed by atoms with van der Waals surface area (Å²) in [5, 5.41) is 0.719.